The molecule has 0 aromatic carbocycles. The Balaban J connectivity index is 2.48. The molecule has 0 radical (unpaired) electrons. The SMILES string of the molecule is CSCCCCN(CC(=O)O)C1CCS(=O)(=O)C1. The molecule has 0 spiro atoms. The standard InChI is InChI=1S/C11H21NO4S2/c1-17-6-3-2-5-12(8-11(13)14)10-4-7-18(15,16)9-10/h10H,2-9H2,1H3,(H,13,14). The predicted molar refractivity (Wildman–Crippen MR) is 73.9 cm³/mol. The smallest absolute Gasteiger partial charge is 0.317 e. The molecule has 0 saturated carbocycles. The highest BCUT2D eigenvalue weighted by Crippen LogP contribution is 2.18. The first-order valence-corrected chi connectivity index (χ1v) is 9.31. The Kier molecular flexibility index (Phi) is 6.45. The van der Waals surface area contributed by atoms with Crippen molar-refractivity contribution in [3.05, 3.63) is 0 Å². The summed E-state index contributed by atoms with van der Waals surface area (Å²) in [7, 11) is -2.95. The van der Waals surface area contributed by atoms with Crippen LogP contribution in [0.4, 0.5) is 0 Å². The second kappa shape index (κ2) is 7.35. The van der Waals surface area contributed by atoms with Crippen molar-refractivity contribution >= 4 is 27.6 Å². The quantitative estimate of drug-likeness (QED) is 0.665. The van der Waals surface area contributed by atoms with Crippen LogP contribution in [0.25, 0.3) is 0 Å². The lowest BCUT2D eigenvalue weighted by Crippen LogP contribution is -2.40. The van der Waals surface area contributed by atoms with Crippen LogP contribution >= 0.6 is 11.8 Å². The maximum absolute atomic E-state index is 11.4. The van der Waals surface area contributed by atoms with Crippen molar-refractivity contribution in [2.75, 3.05) is 36.6 Å². The van der Waals surface area contributed by atoms with E-state index in [4.69, 9.17) is 5.11 Å². The molecule has 1 fully saturated rings. The van der Waals surface area contributed by atoms with Crippen LogP contribution < -0.4 is 0 Å². The van der Waals surface area contributed by atoms with Crippen molar-refractivity contribution in [1.82, 2.24) is 4.90 Å². The topological polar surface area (TPSA) is 74.7 Å². The number of nitrogens with zero attached hydrogens (tertiary/aromatic N) is 1. The normalized spacial score (nSPS) is 22.4. The lowest BCUT2D eigenvalue weighted by Gasteiger charge is -2.26. The van der Waals surface area contributed by atoms with Gasteiger partial charge < -0.3 is 5.11 Å². The Morgan fingerprint density at radius 2 is 2.17 bits per heavy atom. The van der Waals surface area contributed by atoms with Crippen LogP contribution in [-0.4, -0.2) is 67.0 Å². The monoisotopic (exact) mass is 295 g/mol. The lowest BCUT2D eigenvalue weighted by molar-refractivity contribution is -0.138. The van der Waals surface area contributed by atoms with E-state index in [1.165, 1.54) is 0 Å². The Labute approximate surface area is 113 Å². The number of aliphatic carboxylic acids is 1. The highest BCUT2D eigenvalue weighted by atomic mass is 32.2. The van der Waals surface area contributed by atoms with E-state index in [1.807, 2.05) is 11.2 Å². The summed E-state index contributed by atoms with van der Waals surface area (Å²) in [4.78, 5) is 12.6. The summed E-state index contributed by atoms with van der Waals surface area (Å²) < 4.78 is 22.9. The summed E-state index contributed by atoms with van der Waals surface area (Å²) in [6, 6.07) is -0.111. The Morgan fingerprint density at radius 1 is 1.44 bits per heavy atom. The van der Waals surface area contributed by atoms with Crippen molar-refractivity contribution in [2.24, 2.45) is 0 Å². The number of carboxylic acids is 1. The molecule has 0 bridgehead atoms. The molecule has 1 N–H and O–H groups in total. The molecule has 0 amide bonds. The van der Waals surface area contributed by atoms with Gasteiger partial charge in [0.15, 0.2) is 9.84 Å². The number of thioether (sulfide) groups is 1. The number of hydrogen-bond acceptors (Lipinski definition) is 5. The summed E-state index contributed by atoms with van der Waals surface area (Å²) in [6.45, 7) is 0.618. The van der Waals surface area contributed by atoms with Gasteiger partial charge in [0, 0.05) is 6.04 Å². The van der Waals surface area contributed by atoms with E-state index in [9.17, 15) is 13.2 Å². The van der Waals surface area contributed by atoms with Gasteiger partial charge >= 0.3 is 5.97 Å². The van der Waals surface area contributed by atoms with Gasteiger partial charge in [-0.05, 0) is 37.8 Å². The summed E-state index contributed by atoms with van der Waals surface area (Å²) >= 11 is 1.77. The summed E-state index contributed by atoms with van der Waals surface area (Å²) in [5, 5.41) is 8.88. The third-order valence-corrected chi connectivity index (χ3v) is 5.55. The minimum Gasteiger partial charge on any atom is -0.480 e. The predicted octanol–water partition coefficient (Wildman–Crippen LogP) is 0.703. The fourth-order valence-electron chi connectivity index (χ4n) is 2.19. The maximum atomic E-state index is 11.4. The number of carbonyl (C=O) groups is 1. The Hall–Kier alpha value is -0.270. The number of sulfone groups is 1. The van der Waals surface area contributed by atoms with Gasteiger partial charge in [0.2, 0.25) is 0 Å². The molecule has 106 valence electrons. The molecule has 5 nitrogen and oxygen atoms in total. The summed E-state index contributed by atoms with van der Waals surface area (Å²) in [5.41, 5.74) is 0. The first kappa shape index (κ1) is 15.8. The van der Waals surface area contributed by atoms with E-state index < -0.39 is 15.8 Å². The van der Waals surface area contributed by atoms with Gasteiger partial charge in [-0.2, -0.15) is 11.8 Å². The zero-order valence-corrected chi connectivity index (χ0v) is 12.3. The summed E-state index contributed by atoms with van der Waals surface area (Å²) in [5.74, 6) is 0.481. The molecule has 0 aromatic rings. The molecule has 7 heteroatoms. The Morgan fingerprint density at radius 3 is 2.67 bits per heavy atom. The largest absolute Gasteiger partial charge is 0.480 e. The zero-order chi connectivity index (χ0) is 13.6. The van der Waals surface area contributed by atoms with Crippen LogP contribution in [0, 0.1) is 0 Å². The van der Waals surface area contributed by atoms with E-state index in [0.717, 1.165) is 18.6 Å². The van der Waals surface area contributed by atoms with E-state index in [0.29, 0.717) is 13.0 Å². The first-order chi connectivity index (χ1) is 8.44. The average Bonchev–Trinajstić information content (AvgIpc) is 2.63. The van der Waals surface area contributed by atoms with Gasteiger partial charge in [0.05, 0.1) is 18.1 Å². The maximum Gasteiger partial charge on any atom is 0.317 e. The van der Waals surface area contributed by atoms with Crippen molar-refractivity contribution in [3.8, 4) is 0 Å². The number of rotatable bonds is 8. The Bertz CT molecular complexity index is 369. The van der Waals surface area contributed by atoms with Crippen LogP contribution in [0.5, 0.6) is 0 Å². The van der Waals surface area contributed by atoms with Crippen molar-refractivity contribution in [3.63, 3.8) is 0 Å². The van der Waals surface area contributed by atoms with Gasteiger partial charge in [-0.15, -0.1) is 0 Å². The highest BCUT2D eigenvalue weighted by Gasteiger charge is 2.32. The van der Waals surface area contributed by atoms with E-state index in [-0.39, 0.29) is 24.1 Å². The molecule has 18 heavy (non-hydrogen) atoms. The van der Waals surface area contributed by atoms with Crippen LogP contribution in [0.3, 0.4) is 0 Å². The van der Waals surface area contributed by atoms with Crippen molar-refractivity contribution in [2.45, 2.75) is 25.3 Å². The van der Waals surface area contributed by atoms with Gasteiger partial charge in [-0.25, -0.2) is 8.42 Å². The molecule has 1 atom stereocenters. The molecule has 1 saturated heterocycles. The molecule has 0 aromatic heterocycles. The molecule has 1 aliphatic rings. The van der Waals surface area contributed by atoms with E-state index >= 15 is 0 Å². The molecule has 1 heterocycles. The van der Waals surface area contributed by atoms with Crippen LogP contribution in [0.1, 0.15) is 19.3 Å². The third kappa shape index (κ3) is 5.58. The number of hydrogen-bond donors (Lipinski definition) is 1. The highest BCUT2D eigenvalue weighted by molar-refractivity contribution is 7.98. The number of carboxylic acid groups (broad SMARTS) is 1. The molecular formula is C11H21NO4S2. The molecule has 1 rings (SSSR count). The van der Waals surface area contributed by atoms with Gasteiger partial charge in [0.1, 0.15) is 0 Å². The van der Waals surface area contributed by atoms with Gasteiger partial charge in [0.25, 0.3) is 0 Å². The van der Waals surface area contributed by atoms with E-state index in [2.05, 4.69) is 0 Å². The fraction of sp³-hybridized carbons (Fsp3) is 0.909. The minimum atomic E-state index is -2.95. The molecule has 0 aliphatic carbocycles. The second-order valence-corrected chi connectivity index (χ2v) is 7.84. The number of unbranched alkanes of at least 4 members (excludes halogenated alkanes) is 1. The van der Waals surface area contributed by atoms with Gasteiger partial charge in [-0.1, -0.05) is 0 Å². The average molecular weight is 295 g/mol. The van der Waals surface area contributed by atoms with Crippen molar-refractivity contribution in [1.29, 1.82) is 0 Å². The third-order valence-electron chi connectivity index (χ3n) is 3.11. The minimum absolute atomic E-state index is 0.0561. The van der Waals surface area contributed by atoms with Crippen LogP contribution in [0.2, 0.25) is 0 Å². The zero-order valence-electron chi connectivity index (χ0n) is 10.7. The van der Waals surface area contributed by atoms with Crippen LogP contribution in [0.15, 0.2) is 0 Å². The molecular weight excluding hydrogens is 274 g/mol. The van der Waals surface area contributed by atoms with E-state index in [1.54, 1.807) is 11.8 Å². The van der Waals surface area contributed by atoms with Crippen LogP contribution in [-0.2, 0) is 14.6 Å². The fourth-order valence-corrected chi connectivity index (χ4v) is 4.44. The molecule has 1 aliphatic heterocycles. The first-order valence-electron chi connectivity index (χ1n) is 6.10. The van der Waals surface area contributed by atoms with Gasteiger partial charge in [-0.3, -0.25) is 9.69 Å². The lowest BCUT2D eigenvalue weighted by atomic mass is 10.2. The van der Waals surface area contributed by atoms with Crippen molar-refractivity contribution < 1.29 is 18.3 Å². The summed E-state index contributed by atoms with van der Waals surface area (Å²) in [6.07, 6.45) is 4.57. The second-order valence-electron chi connectivity index (χ2n) is 4.62. The molecule has 1 unspecified atom stereocenters.